The van der Waals surface area contributed by atoms with Gasteiger partial charge in [0.2, 0.25) is 0 Å². The Hall–Kier alpha value is -1.37. The van der Waals surface area contributed by atoms with Crippen LogP contribution >= 0.6 is 0 Å². The Morgan fingerprint density at radius 3 is 1.93 bits per heavy atom. The van der Waals surface area contributed by atoms with Crippen molar-refractivity contribution in [2.45, 2.75) is 34.6 Å². The topological polar surface area (TPSA) is 12.4 Å². The summed E-state index contributed by atoms with van der Waals surface area (Å²) in [6.07, 6.45) is 0. The van der Waals surface area contributed by atoms with Crippen LogP contribution in [0.4, 0.5) is 0 Å². The van der Waals surface area contributed by atoms with Crippen LogP contribution in [0.1, 0.15) is 34.6 Å². The van der Waals surface area contributed by atoms with Gasteiger partial charge in [0.1, 0.15) is 0 Å². The predicted octanol–water partition coefficient (Wildman–Crippen LogP) is 2.98. The molecule has 1 rings (SSSR count). The van der Waals surface area contributed by atoms with Gasteiger partial charge in [-0.05, 0) is 18.9 Å². The molecule has 0 atom stereocenters. The second-order valence-electron chi connectivity index (χ2n) is 2.40. The van der Waals surface area contributed by atoms with Crippen LogP contribution in [0.3, 0.4) is 0 Å². The first-order valence-electron chi connectivity index (χ1n) is 5.47. The third kappa shape index (κ3) is 5.84. The van der Waals surface area contributed by atoms with Crippen molar-refractivity contribution in [1.82, 2.24) is 0 Å². The molecule has 0 aromatic heterocycles. The van der Waals surface area contributed by atoms with E-state index in [1.54, 1.807) is 0 Å². The van der Waals surface area contributed by atoms with E-state index in [0.717, 1.165) is 16.1 Å². The zero-order valence-electron chi connectivity index (χ0n) is 10.7. The molecule has 0 bridgehead atoms. The van der Waals surface area contributed by atoms with E-state index in [1.165, 1.54) is 0 Å². The summed E-state index contributed by atoms with van der Waals surface area (Å²) in [4.78, 5) is 3.85. The molecule has 0 fully saturated rings. The second kappa shape index (κ2) is 10.7. The van der Waals surface area contributed by atoms with Crippen LogP contribution in [-0.4, -0.2) is 6.72 Å². The number of rotatable bonds is 1. The number of aliphatic imine (C=N–C) groups is 1. The summed E-state index contributed by atoms with van der Waals surface area (Å²) in [5.74, 6) is 0. The van der Waals surface area contributed by atoms with Gasteiger partial charge in [0.05, 0.1) is 0 Å². The molecular weight excluding hydrogens is 182 g/mol. The lowest BCUT2D eigenvalue weighted by Crippen LogP contribution is -2.23. The average molecular weight is 205 g/mol. The fraction of sp³-hybridized carbons (Fsp3) is 0.357. The van der Waals surface area contributed by atoms with Crippen LogP contribution in [0.25, 0.3) is 12.3 Å². The number of hydrogen-bond donors (Lipinski definition) is 0. The van der Waals surface area contributed by atoms with Crippen LogP contribution in [0, 0.1) is 0 Å². The first kappa shape index (κ1) is 16.1. The Labute approximate surface area is 93.9 Å². The van der Waals surface area contributed by atoms with Crippen LogP contribution < -0.4 is 10.4 Å². The van der Waals surface area contributed by atoms with Gasteiger partial charge in [0.15, 0.2) is 0 Å². The summed E-state index contributed by atoms with van der Waals surface area (Å²) in [7, 11) is 0. The van der Waals surface area contributed by atoms with E-state index in [4.69, 9.17) is 0 Å². The lowest BCUT2D eigenvalue weighted by atomic mass is 10.2. The molecule has 0 N–H and O–H groups in total. The molecule has 0 heterocycles. The fourth-order valence-corrected chi connectivity index (χ4v) is 0.958. The van der Waals surface area contributed by atoms with Gasteiger partial charge in [-0.25, -0.2) is 0 Å². The van der Waals surface area contributed by atoms with E-state index in [2.05, 4.69) is 18.3 Å². The maximum atomic E-state index is 3.88. The second-order valence-corrected chi connectivity index (χ2v) is 2.40. The van der Waals surface area contributed by atoms with E-state index in [0.29, 0.717) is 0 Å². The Morgan fingerprint density at radius 1 is 1.07 bits per heavy atom. The summed E-state index contributed by atoms with van der Waals surface area (Å²) >= 11 is 0. The quantitative estimate of drug-likeness (QED) is 0.625. The third-order valence-electron chi connectivity index (χ3n) is 1.64. The summed E-state index contributed by atoms with van der Waals surface area (Å²) in [5.41, 5.74) is 0.926. The van der Waals surface area contributed by atoms with E-state index in [1.807, 2.05) is 58.9 Å². The normalized spacial score (nSPS) is 9.93. The number of benzene rings is 1. The van der Waals surface area contributed by atoms with Gasteiger partial charge in [-0.1, -0.05) is 58.5 Å². The average Bonchev–Trinajstić information content (AvgIpc) is 2.34. The highest BCUT2D eigenvalue weighted by Gasteiger charge is 1.84. The number of hydrogen-bond acceptors (Lipinski definition) is 1. The summed E-state index contributed by atoms with van der Waals surface area (Å²) in [6, 6.07) is 7.89. The smallest absolute Gasteiger partial charge is 0.0443 e. The summed E-state index contributed by atoms with van der Waals surface area (Å²) < 4.78 is 0. The molecule has 0 aliphatic heterocycles. The van der Waals surface area contributed by atoms with Gasteiger partial charge in [-0.15, -0.1) is 0 Å². The standard InChI is InChI=1S/C10H11N.2C2H6/c1-8-6-4-5-7-10(8)9(2)11-3;2*1-2/h4-7H,1,3H2,2H3;2*1-2H3/b10-9-;;. The van der Waals surface area contributed by atoms with Gasteiger partial charge in [0.25, 0.3) is 0 Å². The molecule has 0 aliphatic rings. The zero-order chi connectivity index (χ0) is 12.3. The first-order chi connectivity index (χ1) is 7.25. The van der Waals surface area contributed by atoms with Crippen LogP contribution in [0.2, 0.25) is 0 Å². The van der Waals surface area contributed by atoms with Crippen LogP contribution in [-0.2, 0) is 0 Å². The van der Waals surface area contributed by atoms with Crippen molar-refractivity contribution in [2.75, 3.05) is 0 Å². The van der Waals surface area contributed by atoms with E-state index in [9.17, 15) is 0 Å². The molecule has 1 aromatic rings. The minimum Gasteiger partial charge on any atom is -0.269 e. The highest BCUT2D eigenvalue weighted by atomic mass is 14.7. The molecule has 0 aliphatic carbocycles. The van der Waals surface area contributed by atoms with Crippen molar-refractivity contribution in [3.05, 3.63) is 34.7 Å². The lowest BCUT2D eigenvalue weighted by Gasteiger charge is -1.90. The van der Waals surface area contributed by atoms with Crippen LogP contribution in [0.15, 0.2) is 29.3 Å². The van der Waals surface area contributed by atoms with Gasteiger partial charge in [-0.2, -0.15) is 0 Å². The lowest BCUT2D eigenvalue weighted by molar-refractivity contribution is 1.41. The van der Waals surface area contributed by atoms with Crippen molar-refractivity contribution in [3.8, 4) is 0 Å². The third-order valence-corrected chi connectivity index (χ3v) is 1.64. The maximum absolute atomic E-state index is 3.88. The van der Waals surface area contributed by atoms with Crippen molar-refractivity contribution in [3.63, 3.8) is 0 Å². The number of nitrogens with zero attached hydrogens (tertiary/aromatic N) is 1. The van der Waals surface area contributed by atoms with Crippen molar-refractivity contribution < 1.29 is 0 Å². The largest absolute Gasteiger partial charge is 0.269 e. The summed E-state index contributed by atoms with van der Waals surface area (Å²) in [6.45, 7) is 17.3. The summed E-state index contributed by atoms with van der Waals surface area (Å²) in [5, 5.41) is 2.07. The van der Waals surface area contributed by atoms with Gasteiger partial charge in [0, 0.05) is 10.9 Å². The Bertz CT molecular complexity index is 363. The van der Waals surface area contributed by atoms with E-state index < -0.39 is 0 Å². The van der Waals surface area contributed by atoms with Crippen LogP contribution in [0.5, 0.6) is 0 Å². The molecule has 15 heavy (non-hydrogen) atoms. The van der Waals surface area contributed by atoms with E-state index in [-0.39, 0.29) is 0 Å². The fourth-order valence-electron chi connectivity index (χ4n) is 0.958. The molecule has 1 heteroatoms. The molecule has 0 unspecified atom stereocenters. The molecule has 1 nitrogen and oxygen atoms in total. The molecule has 0 saturated heterocycles. The molecule has 0 saturated carbocycles. The molecule has 84 valence electrons. The molecule has 0 amide bonds. The zero-order valence-corrected chi connectivity index (χ0v) is 10.7. The monoisotopic (exact) mass is 205 g/mol. The minimum absolute atomic E-state index is 0.926. The highest BCUT2D eigenvalue weighted by molar-refractivity contribution is 5.48. The maximum Gasteiger partial charge on any atom is 0.0443 e. The van der Waals surface area contributed by atoms with Gasteiger partial charge >= 0.3 is 0 Å². The molecular formula is C14H23N. The molecule has 0 radical (unpaired) electrons. The predicted molar refractivity (Wildman–Crippen MR) is 72.5 cm³/mol. The Balaban J connectivity index is 0. The Kier molecular flexibility index (Phi) is 11.5. The molecule has 0 spiro atoms. The first-order valence-corrected chi connectivity index (χ1v) is 5.47. The van der Waals surface area contributed by atoms with Crippen molar-refractivity contribution in [2.24, 2.45) is 4.99 Å². The van der Waals surface area contributed by atoms with Gasteiger partial charge in [-0.3, -0.25) is 4.99 Å². The van der Waals surface area contributed by atoms with Gasteiger partial charge < -0.3 is 0 Å². The van der Waals surface area contributed by atoms with E-state index >= 15 is 0 Å². The van der Waals surface area contributed by atoms with Crippen molar-refractivity contribution >= 4 is 19.0 Å². The van der Waals surface area contributed by atoms with Crippen molar-refractivity contribution in [1.29, 1.82) is 0 Å². The Morgan fingerprint density at radius 2 is 1.53 bits per heavy atom. The SMILES string of the molecule is C=N/C(C)=c1/ccccc1=C.CC.CC. The highest BCUT2D eigenvalue weighted by Crippen LogP contribution is 1.86. The minimum atomic E-state index is 0.926. The molecule has 1 aromatic carbocycles.